The molecule has 0 saturated heterocycles. The fraction of sp³-hybridized carbons (Fsp3) is 0.0500. The molecule has 0 spiro atoms. The summed E-state index contributed by atoms with van der Waals surface area (Å²) in [7, 11) is 0. The summed E-state index contributed by atoms with van der Waals surface area (Å²) in [6.07, 6.45) is 0. The Morgan fingerprint density at radius 2 is 1.67 bits per heavy atom. The van der Waals surface area contributed by atoms with Crippen LogP contribution in [0.25, 0.3) is 10.8 Å². The Bertz CT molecular complexity index is 1060. The Morgan fingerprint density at radius 3 is 2.48 bits per heavy atom. The second kappa shape index (κ2) is 8.20. The van der Waals surface area contributed by atoms with Crippen LogP contribution in [-0.4, -0.2) is 17.5 Å². The first kappa shape index (κ1) is 18.9. The third kappa shape index (κ3) is 4.45. The number of nitrogens with one attached hydrogen (secondary N) is 2. The van der Waals surface area contributed by atoms with Crippen molar-refractivity contribution in [3.8, 4) is 0 Å². The Hall–Kier alpha value is -2.89. The van der Waals surface area contributed by atoms with Gasteiger partial charge in [0.05, 0.1) is 16.4 Å². The summed E-state index contributed by atoms with van der Waals surface area (Å²) in [4.78, 5) is 24.1. The fourth-order valence-corrected chi connectivity index (χ4v) is 2.90. The second-order valence-electron chi connectivity index (χ2n) is 5.74. The number of anilines is 1. The summed E-state index contributed by atoms with van der Waals surface area (Å²) >= 11 is 11.8. The minimum atomic E-state index is -0.911. The van der Waals surface area contributed by atoms with Crippen LogP contribution >= 0.6 is 23.2 Å². The maximum atomic E-state index is 12.0. The highest BCUT2D eigenvalue weighted by atomic mass is 35.5. The highest BCUT2D eigenvalue weighted by molar-refractivity contribution is 6.42. The number of halogens is 2. The number of nitrogens with zero attached hydrogens (tertiary/aromatic N) is 1. The zero-order valence-corrected chi connectivity index (χ0v) is 15.8. The van der Waals surface area contributed by atoms with E-state index in [1.807, 2.05) is 42.5 Å². The molecule has 0 saturated carbocycles. The van der Waals surface area contributed by atoms with Gasteiger partial charge in [0.25, 0.3) is 0 Å². The van der Waals surface area contributed by atoms with Crippen molar-refractivity contribution in [1.82, 2.24) is 5.43 Å². The molecular formula is C20H15Cl2N3O2. The predicted octanol–water partition coefficient (Wildman–Crippen LogP) is 4.63. The fourth-order valence-electron chi connectivity index (χ4n) is 2.56. The Labute approximate surface area is 166 Å². The van der Waals surface area contributed by atoms with Gasteiger partial charge in [-0.25, -0.2) is 5.43 Å². The minimum Gasteiger partial charge on any atom is -0.316 e. The van der Waals surface area contributed by atoms with Crippen LogP contribution in [-0.2, 0) is 9.59 Å². The van der Waals surface area contributed by atoms with Gasteiger partial charge in [-0.05, 0) is 35.9 Å². The summed E-state index contributed by atoms with van der Waals surface area (Å²) in [6, 6.07) is 18.2. The molecule has 136 valence electrons. The smallest absolute Gasteiger partial charge is 0.316 e. The van der Waals surface area contributed by atoms with Crippen molar-refractivity contribution >= 4 is 57.2 Å². The van der Waals surface area contributed by atoms with Crippen LogP contribution in [0.4, 0.5) is 5.69 Å². The maximum absolute atomic E-state index is 12.0. The molecule has 0 aliphatic rings. The first-order chi connectivity index (χ1) is 13.0. The van der Waals surface area contributed by atoms with Gasteiger partial charge in [-0.2, -0.15) is 5.10 Å². The van der Waals surface area contributed by atoms with Gasteiger partial charge >= 0.3 is 11.8 Å². The summed E-state index contributed by atoms with van der Waals surface area (Å²) < 4.78 is 0. The Morgan fingerprint density at radius 1 is 0.926 bits per heavy atom. The quantitative estimate of drug-likeness (QED) is 0.383. The van der Waals surface area contributed by atoms with Gasteiger partial charge in [0.1, 0.15) is 0 Å². The van der Waals surface area contributed by atoms with Crippen molar-refractivity contribution in [3.63, 3.8) is 0 Å². The second-order valence-corrected chi connectivity index (χ2v) is 6.59. The van der Waals surface area contributed by atoms with E-state index >= 15 is 0 Å². The molecule has 5 nitrogen and oxygen atoms in total. The van der Waals surface area contributed by atoms with Gasteiger partial charge < -0.3 is 5.32 Å². The largest absolute Gasteiger partial charge is 0.329 e. The molecule has 0 aliphatic heterocycles. The summed E-state index contributed by atoms with van der Waals surface area (Å²) in [6.45, 7) is 1.76. The van der Waals surface area contributed by atoms with Crippen LogP contribution < -0.4 is 10.7 Å². The number of hydrogen-bond donors (Lipinski definition) is 2. The van der Waals surface area contributed by atoms with E-state index in [1.54, 1.807) is 13.0 Å². The van der Waals surface area contributed by atoms with Crippen LogP contribution in [0, 0.1) is 0 Å². The average Bonchev–Trinajstić information content (AvgIpc) is 2.68. The standard InChI is InChI=1S/C20H15Cl2N3O2/c1-12(15-8-4-6-13-5-2-3-7-16(13)15)24-25-20(27)19(26)23-18-11-14(21)9-10-17(18)22/h2-11H,1H3,(H,23,26)(H,25,27). The van der Waals surface area contributed by atoms with Crippen molar-refractivity contribution in [2.45, 2.75) is 6.92 Å². The molecule has 0 atom stereocenters. The van der Waals surface area contributed by atoms with Crippen molar-refractivity contribution in [2.75, 3.05) is 5.32 Å². The molecule has 0 fully saturated rings. The van der Waals surface area contributed by atoms with Gasteiger partial charge in [0.15, 0.2) is 0 Å². The van der Waals surface area contributed by atoms with Crippen LogP contribution in [0.3, 0.4) is 0 Å². The highest BCUT2D eigenvalue weighted by Gasteiger charge is 2.15. The van der Waals surface area contributed by atoms with E-state index in [-0.39, 0.29) is 10.7 Å². The normalized spacial score (nSPS) is 11.3. The van der Waals surface area contributed by atoms with Gasteiger partial charge in [-0.1, -0.05) is 65.7 Å². The molecule has 3 rings (SSSR count). The molecule has 27 heavy (non-hydrogen) atoms. The lowest BCUT2D eigenvalue weighted by Gasteiger charge is -2.08. The van der Waals surface area contributed by atoms with Crippen molar-refractivity contribution < 1.29 is 9.59 Å². The van der Waals surface area contributed by atoms with E-state index in [0.29, 0.717) is 10.7 Å². The number of benzene rings is 3. The summed E-state index contributed by atoms with van der Waals surface area (Å²) in [5, 5.41) is 9.18. The number of carbonyl (C=O) groups excluding carboxylic acids is 2. The zero-order valence-electron chi connectivity index (χ0n) is 14.3. The Kier molecular flexibility index (Phi) is 5.74. The molecule has 2 amide bonds. The van der Waals surface area contributed by atoms with Crippen molar-refractivity contribution in [3.05, 3.63) is 76.3 Å². The number of carbonyl (C=O) groups is 2. The maximum Gasteiger partial charge on any atom is 0.329 e. The number of amides is 2. The number of fused-ring (bicyclic) bond motifs is 1. The van der Waals surface area contributed by atoms with Crippen LogP contribution in [0.2, 0.25) is 10.0 Å². The molecule has 0 heterocycles. The topological polar surface area (TPSA) is 70.6 Å². The monoisotopic (exact) mass is 399 g/mol. The van der Waals surface area contributed by atoms with Gasteiger partial charge in [-0.3, -0.25) is 9.59 Å². The van der Waals surface area contributed by atoms with E-state index in [0.717, 1.165) is 16.3 Å². The summed E-state index contributed by atoms with van der Waals surface area (Å²) in [5.41, 5.74) is 3.95. The minimum absolute atomic E-state index is 0.249. The first-order valence-electron chi connectivity index (χ1n) is 8.04. The summed E-state index contributed by atoms with van der Waals surface area (Å²) in [5.74, 6) is -1.81. The van der Waals surface area contributed by atoms with E-state index in [1.165, 1.54) is 12.1 Å². The lowest BCUT2D eigenvalue weighted by Crippen LogP contribution is -2.33. The lowest BCUT2D eigenvalue weighted by molar-refractivity contribution is -0.136. The van der Waals surface area contributed by atoms with Crippen molar-refractivity contribution in [2.24, 2.45) is 5.10 Å². The molecular weight excluding hydrogens is 385 g/mol. The molecule has 0 unspecified atom stereocenters. The first-order valence-corrected chi connectivity index (χ1v) is 8.80. The molecule has 2 N–H and O–H groups in total. The van der Waals surface area contributed by atoms with Gasteiger partial charge in [0, 0.05) is 10.6 Å². The molecule has 0 bridgehead atoms. The van der Waals surface area contributed by atoms with E-state index in [4.69, 9.17) is 23.2 Å². The third-order valence-electron chi connectivity index (χ3n) is 3.89. The van der Waals surface area contributed by atoms with E-state index in [9.17, 15) is 9.59 Å². The number of rotatable bonds is 3. The van der Waals surface area contributed by atoms with Crippen LogP contribution in [0.5, 0.6) is 0 Å². The molecule has 0 aliphatic carbocycles. The van der Waals surface area contributed by atoms with Gasteiger partial charge in [-0.15, -0.1) is 0 Å². The Balaban J connectivity index is 1.73. The average molecular weight is 400 g/mol. The number of hydrazone groups is 1. The van der Waals surface area contributed by atoms with E-state index in [2.05, 4.69) is 15.8 Å². The zero-order chi connectivity index (χ0) is 19.4. The lowest BCUT2D eigenvalue weighted by atomic mass is 10.0. The molecule has 3 aromatic carbocycles. The molecule has 0 aromatic heterocycles. The third-order valence-corrected chi connectivity index (χ3v) is 4.45. The molecule has 3 aromatic rings. The molecule has 7 heteroatoms. The predicted molar refractivity (Wildman–Crippen MR) is 109 cm³/mol. The highest BCUT2D eigenvalue weighted by Crippen LogP contribution is 2.25. The van der Waals surface area contributed by atoms with Crippen LogP contribution in [0.15, 0.2) is 65.8 Å². The number of hydrogen-bond acceptors (Lipinski definition) is 3. The molecule has 0 radical (unpaired) electrons. The van der Waals surface area contributed by atoms with Gasteiger partial charge in [0.2, 0.25) is 0 Å². The van der Waals surface area contributed by atoms with E-state index < -0.39 is 11.8 Å². The SMILES string of the molecule is CC(=NNC(=O)C(=O)Nc1cc(Cl)ccc1Cl)c1cccc2ccccc12. The van der Waals surface area contributed by atoms with Crippen LogP contribution in [0.1, 0.15) is 12.5 Å². The van der Waals surface area contributed by atoms with Crippen molar-refractivity contribution in [1.29, 1.82) is 0 Å².